The second-order valence-corrected chi connectivity index (χ2v) is 5.74. The lowest BCUT2D eigenvalue weighted by atomic mass is 9.94. The molecule has 1 aromatic heterocycles. The van der Waals surface area contributed by atoms with Gasteiger partial charge in [-0.25, -0.2) is 14.8 Å². The number of hydrogen-bond donors (Lipinski definition) is 1. The lowest BCUT2D eigenvalue weighted by molar-refractivity contribution is -0.139. The van der Waals surface area contributed by atoms with Crippen LogP contribution in [-0.2, 0) is 4.79 Å². The summed E-state index contributed by atoms with van der Waals surface area (Å²) < 4.78 is 0. The third kappa shape index (κ3) is 2.07. The van der Waals surface area contributed by atoms with Crippen LogP contribution in [0.2, 0.25) is 0 Å². The molecule has 1 aliphatic heterocycles. The Hall–Kier alpha value is -1.65. The highest BCUT2D eigenvalue weighted by molar-refractivity contribution is 5.79. The lowest BCUT2D eigenvalue weighted by Crippen LogP contribution is -2.40. The maximum atomic E-state index is 11.6. The molecular weight excluding hydrogens is 242 g/mol. The fraction of sp³-hybridized carbons (Fsp3) is 0.643. The molecule has 0 aromatic carbocycles. The number of fused-ring (bicyclic) bond motifs is 1. The van der Waals surface area contributed by atoms with Gasteiger partial charge >= 0.3 is 5.97 Å². The number of carbonyl (C=O) groups is 1. The summed E-state index contributed by atoms with van der Waals surface area (Å²) in [6, 6.07) is 1.46. The molecule has 1 N–H and O–H groups in total. The van der Waals surface area contributed by atoms with Crippen molar-refractivity contribution in [2.24, 2.45) is 11.8 Å². The van der Waals surface area contributed by atoms with Gasteiger partial charge in [-0.05, 0) is 44.6 Å². The minimum atomic E-state index is -0.739. The van der Waals surface area contributed by atoms with Crippen molar-refractivity contribution in [3.05, 3.63) is 17.5 Å². The smallest absolute Gasteiger partial charge is 0.326 e. The first-order valence-electron chi connectivity index (χ1n) is 6.88. The highest BCUT2D eigenvalue weighted by Crippen LogP contribution is 2.43. The quantitative estimate of drug-likeness (QED) is 0.879. The predicted molar refractivity (Wildman–Crippen MR) is 71.1 cm³/mol. The average Bonchev–Trinajstić information content (AvgIpc) is 2.85. The molecule has 3 unspecified atom stereocenters. The number of anilines is 1. The molecule has 2 fully saturated rings. The van der Waals surface area contributed by atoms with E-state index in [4.69, 9.17) is 0 Å². The fourth-order valence-electron chi connectivity index (χ4n) is 3.66. The molecule has 2 aliphatic rings. The van der Waals surface area contributed by atoms with Gasteiger partial charge in [0.25, 0.3) is 0 Å². The Labute approximate surface area is 112 Å². The van der Waals surface area contributed by atoms with Crippen molar-refractivity contribution in [2.45, 2.75) is 39.2 Å². The van der Waals surface area contributed by atoms with Crippen LogP contribution in [0, 0.1) is 25.7 Å². The molecule has 1 saturated carbocycles. The Kier molecular flexibility index (Phi) is 2.92. The van der Waals surface area contributed by atoms with Crippen LogP contribution < -0.4 is 4.90 Å². The molecule has 1 saturated heterocycles. The van der Waals surface area contributed by atoms with E-state index in [0.29, 0.717) is 11.9 Å². The van der Waals surface area contributed by atoms with Crippen molar-refractivity contribution in [3.8, 4) is 0 Å². The van der Waals surface area contributed by atoms with Crippen LogP contribution in [0.3, 0.4) is 0 Å². The van der Waals surface area contributed by atoms with Crippen LogP contribution in [0.15, 0.2) is 6.07 Å². The number of rotatable bonds is 2. The summed E-state index contributed by atoms with van der Waals surface area (Å²) in [5.41, 5.74) is 1.78. The minimum Gasteiger partial charge on any atom is -0.480 e. The number of nitrogens with zero attached hydrogens (tertiary/aromatic N) is 3. The summed E-state index contributed by atoms with van der Waals surface area (Å²) in [6.07, 6.45) is 3.30. The Morgan fingerprint density at radius 1 is 1.32 bits per heavy atom. The summed E-state index contributed by atoms with van der Waals surface area (Å²) >= 11 is 0. The number of aryl methyl sites for hydroxylation is 2. The third-order valence-electron chi connectivity index (χ3n) is 4.37. The number of carboxylic acids is 1. The van der Waals surface area contributed by atoms with Crippen LogP contribution in [0.5, 0.6) is 0 Å². The van der Waals surface area contributed by atoms with E-state index in [9.17, 15) is 9.90 Å². The largest absolute Gasteiger partial charge is 0.480 e. The summed E-state index contributed by atoms with van der Waals surface area (Å²) in [4.78, 5) is 22.4. The van der Waals surface area contributed by atoms with E-state index in [1.807, 2.05) is 24.8 Å². The van der Waals surface area contributed by atoms with Gasteiger partial charge in [0.1, 0.15) is 6.04 Å². The van der Waals surface area contributed by atoms with E-state index in [-0.39, 0.29) is 5.92 Å². The second-order valence-electron chi connectivity index (χ2n) is 5.74. The van der Waals surface area contributed by atoms with E-state index in [2.05, 4.69) is 9.97 Å². The van der Waals surface area contributed by atoms with Gasteiger partial charge in [-0.1, -0.05) is 6.42 Å². The maximum Gasteiger partial charge on any atom is 0.326 e. The summed E-state index contributed by atoms with van der Waals surface area (Å²) in [5.74, 6) is 0.601. The highest BCUT2D eigenvalue weighted by Gasteiger charge is 2.48. The van der Waals surface area contributed by atoms with Crippen molar-refractivity contribution < 1.29 is 9.90 Å². The van der Waals surface area contributed by atoms with Crippen molar-refractivity contribution >= 4 is 11.9 Å². The molecule has 0 amide bonds. The minimum absolute atomic E-state index is 0.266. The van der Waals surface area contributed by atoms with Crippen LogP contribution in [0.1, 0.15) is 30.7 Å². The first kappa shape index (κ1) is 12.4. The van der Waals surface area contributed by atoms with E-state index in [1.54, 1.807) is 0 Å². The van der Waals surface area contributed by atoms with Gasteiger partial charge in [-0.3, -0.25) is 0 Å². The van der Waals surface area contributed by atoms with Gasteiger partial charge < -0.3 is 10.0 Å². The van der Waals surface area contributed by atoms with Crippen LogP contribution >= 0.6 is 0 Å². The van der Waals surface area contributed by atoms with E-state index < -0.39 is 12.0 Å². The predicted octanol–water partition coefficient (Wildman–Crippen LogP) is 1.78. The van der Waals surface area contributed by atoms with Crippen molar-refractivity contribution in [1.29, 1.82) is 0 Å². The topological polar surface area (TPSA) is 66.3 Å². The molecule has 0 spiro atoms. The van der Waals surface area contributed by atoms with Crippen molar-refractivity contribution in [1.82, 2.24) is 9.97 Å². The zero-order chi connectivity index (χ0) is 13.6. The van der Waals surface area contributed by atoms with E-state index >= 15 is 0 Å². The van der Waals surface area contributed by atoms with Gasteiger partial charge in [0.05, 0.1) is 0 Å². The summed E-state index contributed by atoms with van der Waals surface area (Å²) in [6.45, 7) is 4.63. The molecular formula is C14H19N3O2. The monoisotopic (exact) mass is 261 g/mol. The normalized spacial score (nSPS) is 29.6. The Bertz CT molecular complexity index is 497. The molecule has 1 aliphatic carbocycles. The lowest BCUT2D eigenvalue weighted by Gasteiger charge is -2.24. The zero-order valence-electron chi connectivity index (χ0n) is 11.3. The Morgan fingerprint density at radius 3 is 2.63 bits per heavy atom. The average molecular weight is 261 g/mol. The standard InChI is InChI=1S/C14H19N3O2/c1-8-6-9(2)16-14(15-8)17-7-10-4-3-5-11(10)12(17)13(18)19/h6,10-12H,3-5,7H2,1-2H3,(H,18,19). The van der Waals surface area contributed by atoms with Crippen molar-refractivity contribution in [2.75, 3.05) is 11.4 Å². The summed E-state index contributed by atoms with van der Waals surface area (Å²) in [5, 5.41) is 9.53. The fourth-order valence-corrected chi connectivity index (χ4v) is 3.66. The van der Waals surface area contributed by atoms with Gasteiger partial charge in [0, 0.05) is 17.9 Å². The van der Waals surface area contributed by atoms with Gasteiger partial charge in [-0.15, -0.1) is 0 Å². The Balaban J connectivity index is 1.97. The van der Waals surface area contributed by atoms with Gasteiger partial charge in [0.15, 0.2) is 0 Å². The van der Waals surface area contributed by atoms with Crippen LogP contribution in [0.25, 0.3) is 0 Å². The Morgan fingerprint density at radius 2 is 2.00 bits per heavy atom. The third-order valence-corrected chi connectivity index (χ3v) is 4.37. The molecule has 1 aromatic rings. The SMILES string of the molecule is Cc1cc(C)nc(N2CC3CCCC3C2C(=O)O)n1. The molecule has 3 rings (SSSR count). The van der Waals surface area contributed by atoms with Crippen LogP contribution in [-0.4, -0.2) is 33.6 Å². The molecule has 5 nitrogen and oxygen atoms in total. The summed E-state index contributed by atoms with van der Waals surface area (Å²) in [7, 11) is 0. The van der Waals surface area contributed by atoms with Crippen LogP contribution in [0.4, 0.5) is 5.95 Å². The molecule has 19 heavy (non-hydrogen) atoms. The zero-order valence-corrected chi connectivity index (χ0v) is 11.3. The molecule has 3 atom stereocenters. The second kappa shape index (κ2) is 4.47. The number of hydrogen-bond acceptors (Lipinski definition) is 4. The van der Waals surface area contributed by atoms with Gasteiger partial charge in [-0.2, -0.15) is 0 Å². The van der Waals surface area contributed by atoms with E-state index in [1.165, 1.54) is 0 Å². The first-order valence-corrected chi connectivity index (χ1v) is 6.88. The number of aliphatic carboxylic acids is 1. The van der Waals surface area contributed by atoms with Crippen molar-refractivity contribution in [3.63, 3.8) is 0 Å². The number of carboxylic acid groups (broad SMARTS) is 1. The number of aromatic nitrogens is 2. The van der Waals surface area contributed by atoms with E-state index in [0.717, 1.165) is 37.2 Å². The first-order chi connectivity index (χ1) is 9.06. The molecule has 102 valence electrons. The molecule has 5 heteroatoms. The molecule has 0 radical (unpaired) electrons. The molecule has 2 heterocycles. The van der Waals surface area contributed by atoms with Gasteiger partial charge in [0.2, 0.25) is 5.95 Å². The highest BCUT2D eigenvalue weighted by atomic mass is 16.4. The maximum absolute atomic E-state index is 11.6. The molecule has 0 bridgehead atoms.